The molecule has 5 heteroatoms. The summed E-state index contributed by atoms with van der Waals surface area (Å²) in [5.74, 6) is 0. The minimum atomic E-state index is -4.22. The van der Waals surface area contributed by atoms with E-state index in [1.165, 1.54) is 5.57 Å². The Balaban J connectivity index is 2.25. The highest BCUT2D eigenvalue weighted by molar-refractivity contribution is 5.15. The first-order valence-electron chi connectivity index (χ1n) is 6.09. The van der Waals surface area contributed by atoms with Crippen LogP contribution in [0.1, 0.15) is 32.6 Å². The summed E-state index contributed by atoms with van der Waals surface area (Å²) < 4.78 is 40.3. The molecule has 0 aromatic heterocycles. The maximum Gasteiger partial charge on any atom is 0.411 e. The van der Waals surface area contributed by atoms with E-state index in [-0.39, 0.29) is 12.6 Å². The molecule has 1 aliphatic rings. The number of ether oxygens (including phenoxy) is 1. The van der Waals surface area contributed by atoms with Gasteiger partial charge in [0.1, 0.15) is 6.61 Å². The van der Waals surface area contributed by atoms with Crippen LogP contribution in [0.15, 0.2) is 11.6 Å². The van der Waals surface area contributed by atoms with Crippen LogP contribution in [0.25, 0.3) is 0 Å². The van der Waals surface area contributed by atoms with Gasteiger partial charge in [-0.15, -0.1) is 0 Å². The quantitative estimate of drug-likeness (QED) is 0.554. The highest BCUT2D eigenvalue weighted by atomic mass is 19.4. The molecule has 0 saturated carbocycles. The molecule has 17 heavy (non-hydrogen) atoms. The second kappa shape index (κ2) is 7.01. The standard InChI is InChI=1S/C12H20F3NO/c1-2-16-11(10-5-3-4-6-10)7-8-17-9-12(13,14)15/h5,11,16H,2-4,6-9H2,1H3. The second-order valence-electron chi connectivity index (χ2n) is 4.24. The molecule has 0 fully saturated rings. The van der Waals surface area contributed by atoms with Gasteiger partial charge in [-0.2, -0.15) is 13.2 Å². The Kier molecular flexibility index (Phi) is 5.98. The summed E-state index contributed by atoms with van der Waals surface area (Å²) in [4.78, 5) is 0. The Bertz CT molecular complexity index is 251. The number of halogens is 3. The monoisotopic (exact) mass is 251 g/mol. The van der Waals surface area contributed by atoms with E-state index in [1.807, 2.05) is 6.92 Å². The number of nitrogens with one attached hydrogen (secondary N) is 1. The molecular weight excluding hydrogens is 231 g/mol. The molecule has 1 unspecified atom stereocenters. The first kappa shape index (κ1) is 14.5. The predicted molar refractivity (Wildman–Crippen MR) is 60.9 cm³/mol. The highest BCUT2D eigenvalue weighted by Gasteiger charge is 2.27. The van der Waals surface area contributed by atoms with E-state index >= 15 is 0 Å². The molecule has 1 N–H and O–H groups in total. The van der Waals surface area contributed by atoms with Crippen molar-refractivity contribution in [2.75, 3.05) is 19.8 Å². The number of rotatable bonds is 7. The van der Waals surface area contributed by atoms with E-state index < -0.39 is 12.8 Å². The second-order valence-corrected chi connectivity index (χ2v) is 4.24. The molecular formula is C12H20F3NO. The van der Waals surface area contributed by atoms with Crippen molar-refractivity contribution in [3.8, 4) is 0 Å². The number of hydrogen-bond donors (Lipinski definition) is 1. The van der Waals surface area contributed by atoms with Crippen molar-refractivity contribution in [2.45, 2.75) is 44.8 Å². The van der Waals surface area contributed by atoms with Gasteiger partial charge in [-0.05, 0) is 32.2 Å². The van der Waals surface area contributed by atoms with Crippen molar-refractivity contribution < 1.29 is 17.9 Å². The van der Waals surface area contributed by atoms with E-state index in [9.17, 15) is 13.2 Å². The van der Waals surface area contributed by atoms with Crippen LogP contribution < -0.4 is 5.32 Å². The molecule has 1 rings (SSSR count). The van der Waals surface area contributed by atoms with E-state index in [4.69, 9.17) is 0 Å². The minimum absolute atomic E-state index is 0.147. The maximum absolute atomic E-state index is 11.9. The normalized spacial score (nSPS) is 18.2. The van der Waals surface area contributed by atoms with Gasteiger partial charge in [-0.1, -0.05) is 18.6 Å². The summed E-state index contributed by atoms with van der Waals surface area (Å²) in [7, 11) is 0. The molecule has 2 nitrogen and oxygen atoms in total. The summed E-state index contributed by atoms with van der Waals surface area (Å²) in [5.41, 5.74) is 1.32. The molecule has 0 amide bonds. The summed E-state index contributed by atoms with van der Waals surface area (Å²) in [6, 6.07) is 0.177. The maximum atomic E-state index is 11.9. The van der Waals surface area contributed by atoms with Crippen LogP contribution in [0.3, 0.4) is 0 Å². The molecule has 1 aliphatic carbocycles. The highest BCUT2D eigenvalue weighted by Crippen LogP contribution is 2.22. The fourth-order valence-electron chi connectivity index (χ4n) is 2.07. The Morgan fingerprint density at radius 3 is 2.76 bits per heavy atom. The molecule has 0 radical (unpaired) electrons. The average Bonchev–Trinajstić information content (AvgIpc) is 2.74. The van der Waals surface area contributed by atoms with Crippen LogP contribution in [0.2, 0.25) is 0 Å². The number of hydrogen-bond acceptors (Lipinski definition) is 2. The van der Waals surface area contributed by atoms with Gasteiger partial charge < -0.3 is 10.1 Å². The summed E-state index contributed by atoms with van der Waals surface area (Å²) in [6.07, 6.45) is 1.87. The summed E-state index contributed by atoms with van der Waals surface area (Å²) in [5, 5.41) is 3.29. The number of likely N-dealkylation sites (N-methyl/N-ethyl adjacent to an activating group) is 1. The van der Waals surface area contributed by atoms with Crippen molar-refractivity contribution >= 4 is 0 Å². The Morgan fingerprint density at radius 2 is 2.24 bits per heavy atom. The molecule has 0 aromatic carbocycles. The molecule has 0 spiro atoms. The number of allylic oxidation sites excluding steroid dienone is 1. The molecule has 0 heterocycles. The topological polar surface area (TPSA) is 21.3 Å². The van der Waals surface area contributed by atoms with Gasteiger partial charge in [-0.3, -0.25) is 0 Å². The van der Waals surface area contributed by atoms with Crippen LogP contribution in [-0.2, 0) is 4.74 Å². The van der Waals surface area contributed by atoms with Crippen molar-refractivity contribution in [1.29, 1.82) is 0 Å². The van der Waals surface area contributed by atoms with Crippen molar-refractivity contribution in [3.63, 3.8) is 0 Å². The van der Waals surface area contributed by atoms with E-state index in [0.717, 1.165) is 25.8 Å². The fraction of sp³-hybridized carbons (Fsp3) is 0.833. The lowest BCUT2D eigenvalue weighted by molar-refractivity contribution is -0.174. The van der Waals surface area contributed by atoms with Gasteiger partial charge in [0.25, 0.3) is 0 Å². The molecule has 1 atom stereocenters. The largest absolute Gasteiger partial charge is 0.411 e. The first-order chi connectivity index (χ1) is 8.03. The van der Waals surface area contributed by atoms with Gasteiger partial charge in [0.05, 0.1) is 0 Å². The van der Waals surface area contributed by atoms with E-state index in [2.05, 4.69) is 16.1 Å². The zero-order valence-electron chi connectivity index (χ0n) is 10.1. The minimum Gasteiger partial charge on any atom is -0.372 e. The average molecular weight is 251 g/mol. The number of alkyl halides is 3. The van der Waals surface area contributed by atoms with Crippen molar-refractivity contribution in [1.82, 2.24) is 5.32 Å². The lowest BCUT2D eigenvalue weighted by atomic mass is 10.0. The zero-order valence-corrected chi connectivity index (χ0v) is 10.1. The smallest absolute Gasteiger partial charge is 0.372 e. The predicted octanol–water partition coefficient (Wildman–Crippen LogP) is 3.04. The lowest BCUT2D eigenvalue weighted by Crippen LogP contribution is -2.32. The lowest BCUT2D eigenvalue weighted by Gasteiger charge is -2.19. The third-order valence-corrected chi connectivity index (χ3v) is 2.79. The molecule has 0 saturated heterocycles. The third kappa shape index (κ3) is 6.07. The van der Waals surface area contributed by atoms with Crippen LogP contribution in [-0.4, -0.2) is 32.0 Å². The van der Waals surface area contributed by atoms with Gasteiger partial charge in [0.2, 0.25) is 0 Å². The van der Waals surface area contributed by atoms with Gasteiger partial charge in [0, 0.05) is 12.6 Å². The SMILES string of the molecule is CCNC(CCOCC(F)(F)F)C1=CCCC1. The molecule has 0 aromatic rings. The molecule has 100 valence electrons. The van der Waals surface area contributed by atoms with E-state index in [0.29, 0.717) is 6.42 Å². The fourth-order valence-corrected chi connectivity index (χ4v) is 2.07. The summed E-state index contributed by atoms with van der Waals surface area (Å²) >= 11 is 0. The van der Waals surface area contributed by atoms with Crippen molar-refractivity contribution in [3.05, 3.63) is 11.6 Å². The Labute approximate surface area is 100 Å². The van der Waals surface area contributed by atoms with Gasteiger partial charge in [-0.25, -0.2) is 0 Å². The van der Waals surface area contributed by atoms with Crippen LogP contribution in [0, 0.1) is 0 Å². The van der Waals surface area contributed by atoms with Crippen LogP contribution in [0.4, 0.5) is 13.2 Å². The van der Waals surface area contributed by atoms with Gasteiger partial charge >= 0.3 is 6.18 Å². The molecule has 0 aliphatic heterocycles. The Hall–Kier alpha value is -0.550. The summed E-state index contributed by atoms with van der Waals surface area (Å²) in [6.45, 7) is 1.82. The first-order valence-corrected chi connectivity index (χ1v) is 6.09. The third-order valence-electron chi connectivity index (χ3n) is 2.79. The zero-order chi connectivity index (χ0) is 12.7. The van der Waals surface area contributed by atoms with E-state index in [1.54, 1.807) is 0 Å². The van der Waals surface area contributed by atoms with Gasteiger partial charge in [0.15, 0.2) is 0 Å². The van der Waals surface area contributed by atoms with Crippen LogP contribution >= 0.6 is 0 Å². The molecule has 0 bridgehead atoms. The van der Waals surface area contributed by atoms with Crippen LogP contribution in [0.5, 0.6) is 0 Å². The van der Waals surface area contributed by atoms with Crippen molar-refractivity contribution in [2.24, 2.45) is 0 Å². The Morgan fingerprint density at radius 1 is 1.47 bits per heavy atom.